The molecule has 1 amide bonds. The van der Waals surface area contributed by atoms with Crippen molar-refractivity contribution >= 4 is 34.7 Å². The number of anilines is 1. The van der Waals surface area contributed by atoms with Crippen molar-refractivity contribution in [2.24, 2.45) is 0 Å². The number of hydrogen-bond donors (Lipinski definition) is 0. The second kappa shape index (κ2) is 9.78. The van der Waals surface area contributed by atoms with E-state index in [1.165, 1.54) is 28.4 Å². The van der Waals surface area contributed by atoms with Crippen LogP contribution in [0, 0.1) is 18.3 Å². The highest BCUT2D eigenvalue weighted by Gasteiger charge is 2.26. The summed E-state index contributed by atoms with van der Waals surface area (Å²) in [5, 5.41) is 11.4. The van der Waals surface area contributed by atoms with Crippen molar-refractivity contribution in [3.05, 3.63) is 81.8 Å². The monoisotopic (exact) mass is 433 g/mol. The zero-order valence-electron chi connectivity index (χ0n) is 16.9. The SMILES string of the molecule is Cc1csc([C@@H](C#N)C(=O)COC(=O)c2ccccc2C(=O)N(C)c2ccccc2)n1. The fraction of sp³-hybridized carbons (Fsp3) is 0.174. The van der Waals surface area contributed by atoms with E-state index in [0.29, 0.717) is 16.4 Å². The number of thiazole rings is 1. The van der Waals surface area contributed by atoms with Gasteiger partial charge in [0.05, 0.1) is 17.2 Å². The number of ether oxygens (including phenoxy) is 1. The van der Waals surface area contributed by atoms with Crippen LogP contribution in [0.5, 0.6) is 0 Å². The number of esters is 1. The zero-order chi connectivity index (χ0) is 22.4. The van der Waals surface area contributed by atoms with Gasteiger partial charge in [-0.2, -0.15) is 5.26 Å². The molecule has 1 heterocycles. The first-order valence-corrected chi connectivity index (χ1v) is 10.2. The number of carbonyl (C=O) groups excluding carboxylic acids is 3. The minimum absolute atomic E-state index is 0.0432. The number of benzene rings is 2. The highest BCUT2D eigenvalue weighted by Crippen LogP contribution is 2.22. The van der Waals surface area contributed by atoms with Crippen LogP contribution in [0.4, 0.5) is 5.69 Å². The molecule has 0 saturated carbocycles. The molecule has 7 nitrogen and oxygen atoms in total. The molecular weight excluding hydrogens is 414 g/mol. The molecular formula is C23H19N3O4S. The number of Topliss-reactive ketones (excluding diaryl/α,β-unsaturated/α-hetero) is 1. The van der Waals surface area contributed by atoms with E-state index in [9.17, 15) is 19.6 Å². The van der Waals surface area contributed by atoms with E-state index in [4.69, 9.17) is 4.74 Å². The van der Waals surface area contributed by atoms with E-state index in [0.717, 1.165) is 0 Å². The Morgan fingerprint density at radius 1 is 1.10 bits per heavy atom. The Hall–Kier alpha value is -3.83. The van der Waals surface area contributed by atoms with Gasteiger partial charge in [0.1, 0.15) is 5.01 Å². The molecule has 0 aliphatic rings. The van der Waals surface area contributed by atoms with Gasteiger partial charge in [0.25, 0.3) is 5.91 Å². The molecule has 156 valence electrons. The van der Waals surface area contributed by atoms with Crippen molar-refractivity contribution in [1.82, 2.24) is 4.98 Å². The average molecular weight is 433 g/mol. The third-order valence-corrected chi connectivity index (χ3v) is 5.53. The number of aryl methyl sites for hydroxylation is 1. The number of nitriles is 1. The summed E-state index contributed by atoms with van der Waals surface area (Å²) >= 11 is 1.20. The Labute approximate surface area is 183 Å². The molecule has 1 atom stereocenters. The molecule has 0 spiro atoms. The number of carbonyl (C=O) groups is 3. The van der Waals surface area contributed by atoms with Crippen LogP contribution in [-0.4, -0.2) is 36.3 Å². The second-order valence-corrected chi connectivity index (χ2v) is 7.57. The number of nitrogens with zero attached hydrogens (tertiary/aromatic N) is 3. The maximum Gasteiger partial charge on any atom is 0.339 e. The van der Waals surface area contributed by atoms with Crippen LogP contribution in [0.2, 0.25) is 0 Å². The van der Waals surface area contributed by atoms with E-state index >= 15 is 0 Å². The van der Waals surface area contributed by atoms with E-state index < -0.39 is 30.2 Å². The van der Waals surface area contributed by atoms with Crippen molar-refractivity contribution in [3.63, 3.8) is 0 Å². The fourth-order valence-electron chi connectivity index (χ4n) is 2.86. The van der Waals surface area contributed by atoms with E-state index in [1.807, 2.05) is 12.1 Å². The van der Waals surface area contributed by atoms with Crippen LogP contribution in [0.1, 0.15) is 37.3 Å². The Kier molecular flexibility index (Phi) is 6.90. The number of ketones is 1. The molecule has 1 aromatic heterocycles. The molecule has 31 heavy (non-hydrogen) atoms. The van der Waals surface area contributed by atoms with Gasteiger partial charge in [0, 0.05) is 23.8 Å². The highest BCUT2D eigenvalue weighted by molar-refractivity contribution is 7.09. The Bertz CT molecular complexity index is 1150. The molecule has 0 radical (unpaired) electrons. The lowest BCUT2D eigenvalue weighted by Crippen LogP contribution is -2.28. The van der Waals surface area contributed by atoms with Crippen LogP contribution in [0.3, 0.4) is 0 Å². The number of hydrogen-bond acceptors (Lipinski definition) is 7. The van der Waals surface area contributed by atoms with Gasteiger partial charge in [-0.3, -0.25) is 9.59 Å². The molecule has 0 unspecified atom stereocenters. The predicted molar refractivity (Wildman–Crippen MR) is 116 cm³/mol. The van der Waals surface area contributed by atoms with E-state index in [-0.39, 0.29) is 11.1 Å². The molecule has 0 fully saturated rings. The van der Waals surface area contributed by atoms with Gasteiger partial charge in [-0.25, -0.2) is 9.78 Å². The summed E-state index contributed by atoms with van der Waals surface area (Å²) in [7, 11) is 1.61. The Balaban J connectivity index is 1.73. The molecule has 3 rings (SSSR count). The van der Waals surface area contributed by atoms with Crippen molar-refractivity contribution in [3.8, 4) is 6.07 Å². The van der Waals surface area contributed by atoms with Crippen LogP contribution < -0.4 is 4.90 Å². The molecule has 0 aliphatic heterocycles. The first kappa shape index (κ1) is 21.9. The molecule has 8 heteroatoms. The third kappa shape index (κ3) is 5.02. The minimum atomic E-state index is -1.10. The van der Waals surface area contributed by atoms with E-state index in [1.54, 1.807) is 55.7 Å². The van der Waals surface area contributed by atoms with Crippen molar-refractivity contribution in [1.29, 1.82) is 5.26 Å². The third-order valence-electron chi connectivity index (χ3n) is 4.51. The summed E-state index contributed by atoms with van der Waals surface area (Å²) in [6.07, 6.45) is 0. The van der Waals surface area contributed by atoms with Crippen molar-refractivity contribution in [2.45, 2.75) is 12.8 Å². The van der Waals surface area contributed by atoms with Gasteiger partial charge in [0.2, 0.25) is 0 Å². The second-order valence-electron chi connectivity index (χ2n) is 6.68. The first-order valence-electron chi connectivity index (χ1n) is 9.36. The summed E-state index contributed by atoms with van der Waals surface area (Å²) in [4.78, 5) is 43.6. The van der Waals surface area contributed by atoms with Gasteiger partial charge >= 0.3 is 5.97 Å². The fourth-order valence-corrected chi connectivity index (χ4v) is 3.73. The van der Waals surface area contributed by atoms with Crippen molar-refractivity contribution < 1.29 is 19.1 Å². The lowest BCUT2D eigenvalue weighted by atomic mass is 10.1. The predicted octanol–water partition coefficient (Wildman–Crippen LogP) is 3.76. The number of aromatic nitrogens is 1. The summed E-state index contributed by atoms with van der Waals surface area (Å²) in [6.45, 7) is 1.17. The minimum Gasteiger partial charge on any atom is -0.454 e. The molecule has 2 aromatic carbocycles. The lowest BCUT2D eigenvalue weighted by molar-refractivity contribution is -0.122. The van der Waals surface area contributed by atoms with Gasteiger partial charge in [0.15, 0.2) is 18.3 Å². The topological polar surface area (TPSA) is 100 Å². The van der Waals surface area contributed by atoms with Crippen LogP contribution >= 0.6 is 11.3 Å². The first-order chi connectivity index (χ1) is 14.9. The standard InChI is InChI=1S/C23H19N3O4S/c1-15-14-31-21(25-15)19(12-24)20(27)13-30-23(29)18-11-7-6-10-17(18)22(28)26(2)16-8-4-3-5-9-16/h3-11,14,19H,13H2,1-2H3/t19-/m0/s1. The van der Waals surface area contributed by atoms with Crippen LogP contribution in [0.25, 0.3) is 0 Å². The van der Waals surface area contributed by atoms with Crippen molar-refractivity contribution in [2.75, 3.05) is 18.6 Å². The summed E-state index contributed by atoms with van der Waals surface area (Å²) in [5.74, 6) is -2.88. The summed E-state index contributed by atoms with van der Waals surface area (Å²) in [5.41, 5.74) is 1.57. The smallest absolute Gasteiger partial charge is 0.339 e. The van der Waals surface area contributed by atoms with Gasteiger partial charge in [-0.05, 0) is 31.2 Å². The van der Waals surface area contributed by atoms with Gasteiger partial charge < -0.3 is 9.64 Å². The summed E-state index contributed by atoms with van der Waals surface area (Å²) < 4.78 is 5.14. The maximum atomic E-state index is 13.0. The van der Waals surface area contributed by atoms with Crippen LogP contribution in [0.15, 0.2) is 60.0 Å². The Morgan fingerprint density at radius 3 is 2.35 bits per heavy atom. The highest BCUT2D eigenvalue weighted by atomic mass is 32.1. The lowest BCUT2D eigenvalue weighted by Gasteiger charge is -2.18. The van der Waals surface area contributed by atoms with Gasteiger partial charge in [-0.15, -0.1) is 11.3 Å². The van der Waals surface area contributed by atoms with E-state index in [2.05, 4.69) is 4.98 Å². The molecule has 0 bridgehead atoms. The molecule has 0 aliphatic carbocycles. The maximum absolute atomic E-state index is 13.0. The average Bonchev–Trinajstić information content (AvgIpc) is 3.23. The normalized spacial score (nSPS) is 11.3. The zero-order valence-corrected chi connectivity index (χ0v) is 17.8. The Morgan fingerprint density at radius 2 is 1.74 bits per heavy atom. The van der Waals surface area contributed by atoms with Gasteiger partial charge in [-0.1, -0.05) is 30.3 Å². The number of rotatable bonds is 7. The number of amides is 1. The quantitative estimate of drug-likeness (QED) is 0.526. The molecule has 0 N–H and O–H groups in total. The van der Waals surface area contributed by atoms with Crippen LogP contribution in [-0.2, 0) is 9.53 Å². The number of para-hydroxylation sites is 1. The summed E-state index contributed by atoms with van der Waals surface area (Å²) in [6, 6.07) is 17.1. The molecule has 0 saturated heterocycles. The molecule has 3 aromatic rings. The largest absolute Gasteiger partial charge is 0.454 e.